The molecule has 40 heavy (non-hydrogen) atoms. The molecule has 0 saturated carbocycles. The molecule has 0 heterocycles. The largest absolute Gasteiger partial charge is 0.478 e. The lowest BCUT2D eigenvalue weighted by molar-refractivity contribution is -0.384. The number of nitro benzene ring substituents is 1. The second-order valence-electron chi connectivity index (χ2n) is 7.97. The van der Waals surface area contributed by atoms with Gasteiger partial charge < -0.3 is 24.4 Å². The van der Waals surface area contributed by atoms with Crippen LogP contribution in [0.1, 0.15) is 41.4 Å². The minimum Gasteiger partial charge on any atom is -0.478 e. The third-order valence-corrected chi connectivity index (χ3v) is 5.35. The number of ether oxygens (including phenoxy) is 3. The Labute approximate surface area is 224 Å². The number of aromatic carboxylic acids is 2. The molecule has 4 rings (SSSR count). The van der Waals surface area contributed by atoms with Crippen LogP contribution < -0.4 is 14.2 Å². The Balaban J connectivity index is 1.39. The fourth-order valence-electron chi connectivity index (χ4n) is 3.46. The van der Waals surface area contributed by atoms with Crippen LogP contribution >= 0.6 is 0 Å². The van der Waals surface area contributed by atoms with Gasteiger partial charge in [0.15, 0.2) is 0 Å². The molecular weight excluding hydrogens is 526 g/mol. The van der Waals surface area contributed by atoms with Crippen LogP contribution in [-0.2, 0) is 0 Å². The van der Waals surface area contributed by atoms with Crippen molar-refractivity contribution in [3.63, 3.8) is 0 Å². The van der Waals surface area contributed by atoms with Gasteiger partial charge in [-0.15, -0.1) is 0 Å². The Morgan fingerprint density at radius 1 is 0.575 bits per heavy atom. The zero-order chi connectivity index (χ0) is 28.8. The summed E-state index contributed by atoms with van der Waals surface area (Å²) in [4.78, 5) is 57.8. The van der Waals surface area contributed by atoms with Crippen LogP contribution in [0.3, 0.4) is 0 Å². The Morgan fingerprint density at radius 2 is 1.00 bits per heavy atom. The quantitative estimate of drug-likeness (QED) is 0.122. The molecule has 0 aliphatic carbocycles. The SMILES string of the molecule is O=C(O)c1ccccc1C(=O)Oc1ccc(Oc2ccc(OC(=O)c3ccc([N+](=O)[O-])cc3C(=O)O)cc2)cc1. The Bertz CT molecular complexity index is 1630. The summed E-state index contributed by atoms with van der Waals surface area (Å²) in [6.07, 6.45) is 0. The summed E-state index contributed by atoms with van der Waals surface area (Å²) in [6, 6.07) is 20.1. The van der Waals surface area contributed by atoms with E-state index in [2.05, 4.69) is 0 Å². The monoisotopic (exact) mass is 543 g/mol. The highest BCUT2D eigenvalue weighted by Crippen LogP contribution is 2.27. The number of rotatable bonds is 9. The molecule has 0 radical (unpaired) electrons. The van der Waals surface area contributed by atoms with Crippen LogP contribution in [0.2, 0.25) is 0 Å². The highest BCUT2D eigenvalue weighted by atomic mass is 16.6. The van der Waals surface area contributed by atoms with Gasteiger partial charge in [-0.05, 0) is 66.7 Å². The maximum absolute atomic E-state index is 12.5. The second-order valence-corrected chi connectivity index (χ2v) is 7.97. The summed E-state index contributed by atoms with van der Waals surface area (Å²) in [5.74, 6) is -3.69. The van der Waals surface area contributed by atoms with Gasteiger partial charge in [0.25, 0.3) is 5.69 Å². The van der Waals surface area contributed by atoms with E-state index < -0.39 is 40.1 Å². The van der Waals surface area contributed by atoms with Crippen molar-refractivity contribution < 1.29 is 48.5 Å². The number of non-ortho nitro benzene ring substituents is 1. The van der Waals surface area contributed by atoms with E-state index in [4.69, 9.17) is 14.2 Å². The van der Waals surface area contributed by atoms with Crippen molar-refractivity contribution in [3.8, 4) is 23.0 Å². The molecule has 0 atom stereocenters. The first kappa shape index (κ1) is 27.0. The zero-order valence-corrected chi connectivity index (χ0v) is 20.2. The molecule has 2 N–H and O–H groups in total. The molecule has 0 aromatic heterocycles. The number of carbonyl (C=O) groups excluding carboxylic acids is 2. The van der Waals surface area contributed by atoms with Gasteiger partial charge in [-0.1, -0.05) is 12.1 Å². The smallest absolute Gasteiger partial charge is 0.344 e. The molecule has 0 unspecified atom stereocenters. The van der Waals surface area contributed by atoms with Gasteiger partial charge in [0.1, 0.15) is 23.0 Å². The van der Waals surface area contributed by atoms with Gasteiger partial charge in [0, 0.05) is 12.1 Å². The molecule has 200 valence electrons. The average Bonchev–Trinajstić information content (AvgIpc) is 2.94. The van der Waals surface area contributed by atoms with Crippen molar-refractivity contribution in [1.82, 2.24) is 0 Å². The Hall–Kier alpha value is -6.04. The lowest BCUT2D eigenvalue weighted by Gasteiger charge is -2.10. The van der Waals surface area contributed by atoms with E-state index in [0.29, 0.717) is 11.5 Å². The third kappa shape index (κ3) is 6.26. The first-order valence-electron chi connectivity index (χ1n) is 11.3. The lowest BCUT2D eigenvalue weighted by atomic mass is 10.1. The first-order chi connectivity index (χ1) is 19.1. The summed E-state index contributed by atoms with van der Waals surface area (Å²) in [5, 5.41) is 29.5. The van der Waals surface area contributed by atoms with Crippen LogP contribution in [0.25, 0.3) is 0 Å². The van der Waals surface area contributed by atoms with E-state index >= 15 is 0 Å². The maximum Gasteiger partial charge on any atom is 0.344 e. The number of benzene rings is 4. The molecule has 4 aromatic rings. The zero-order valence-electron chi connectivity index (χ0n) is 20.2. The van der Waals surface area contributed by atoms with E-state index in [1.165, 1.54) is 72.8 Å². The van der Waals surface area contributed by atoms with E-state index in [9.17, 15) is 39.5 Å². The molecule has 12 nitrogen and oxygen atoms in total. The molecule has 0 aliphatic rings. The summed E-state index contributed by atoms with van der Waals surface area (Å²) >= 11 is 0. The number of nitro groups is 1. The molecular formula is C28H17NO11. The minimum absolute atomic E-state index is 0.0657. The van der Waals surface area contributed by atoms with Gasteiger partial charge >= 0.3 is 23.9 Å². The van der Waals surface area contributed by atoms with Crippen molar-refractivity contribution in [3.05, 3.63) is 123 Å². The molecule has 0 amide bonds. The van der Waals surface area contributed by atoms with Gasteiger partial charge in [-0.3, -0.25) is 10.1 Å². The van der Waals surface area contributed by atoms with Gasteiger partial charge in [-0.25, -0.2) is 19.2 Å². The van der Waals surface area contributed by atoms with Gasteiger partial charge in [0.05, 0.1) is 27.2 Å². The number of carboxylic acid groups (broad SMARTS) is 2. The summed E-state index contributed by atoms with van der Waals surface area (Å²) in [5.41, 5.74) is -1.68. The number of hydrogen-bond donors (Lipinski definition) is 2. The summed E-state index contributed by atoms with van der Waals surface area (Å²) in [7, 11) is 0. The fraction of sp³-hybridized carbons (Fsp3) is 0. The lowest BCUT2D eigenvalue weighted by Crippen LogP contribution is -2.14. The molecule has 12 heteroatoms. The van der Waals surface area contributed by atoms with Crippen molar-refractivity contribution >= 4 is 29.6 Å². The van der Waals surface area contributed by atoms with Crippen LogP contribution in [0.5, 0.6) is 23.0 Å². The average molecular weight is 543 g/mol. The van der Waals surface area contributed by atoms with Gasteiger partial charge in [0.2, 0.25) is 0 Å². The van der Waals surface area contributed by atoms with E-state index in [0.717, 1.165) is 18.2 Å². The van der Waals surface area contributed by atoms with E-state index in [1.54, 1.807) is 0 Å². The topological polar surface area (TPSA) is 180 Å². The molecule has 0 fully saturated rings. The molecule has 0 saturated heterocycles. The number of carbonyl (C=O) groups is 4. The third-order valence-electron chi connectivity index (χ3n) is 5.35. The summed E-state index contributed by atoms with van der Waals surface area (Å²) in [6.45, 7) is 0. The molecule has 0 spiro atoms. The highest BCUT2D eigenvalue weighted by molar-refractivity contribution is 6.04. The highest BCUT2D eigenvalue weighted by Gasteiger charge is 2.22. The number of esters is 2. The van der Waals surface area contributed by atoms with E-state index in [-0.39, 0.29) is 28.2 Å². The van der Waals surface area contributed by atoms with Crippen LogP contribution in [0, 0.1) is 10.1 Å². The number of nitrogens with zero attached hydrogens (tertiary/aromatic N) is 1. The number of carboxylic acids is 2. The fourth-order valence-corrected chi connectivity index (χ4v) is 3.46. The van der Waals surface area contributed by atoms with Gasteiger partial charge in [-0.2, -0.15) is 0 Å². The summed E-state index contributed by atoms with van der Waals surface area (Å²) < 4.78 is 16.2. The molecule has 0 bridgehead atoms. The molecule has 0 aliphatic heterocycles. The van der Waals surface area contributed by atoms with Crippen LogP contribution in [-0.4, -0.2) is 39.0 Å². The molecule has 4 aromatic carbocycles. The van der Waals surface area contributed by atoms with E-state index in [1.807, 2.05) is 0 Å². The predicted molar refractivity (Wildman–Crippen MR) is 136 cm³/mol. The maximum atomic E-state index is 12.5. The van der Waals surface area contributed by atoms with Crippen molar-refractivity contribution in [2.75, 3.05) is 0 Å². The minimum atomic E-state index is -1.52. The normalized spacial score (nSPS) is 10.3. The van der Waals surface area contributed by atoms with Crippen LogP contribution in [0.4, 0.5) is 5.69 Å². The predicted octanol–water partition coefficient (Wildman–Crippen LogP) is 5.22. The Kier molecular flexibility index (Phi) is 7.81. The van der Waals surface area contributed by atoms with Crippen molar-refractivity contribution in [1.29, 1.82) is 0 Å². The van der Waals surface area contributed by atoms with Crippen LogP contribution in [0.15, 0.2) is 91.0 Å². The Morgan fingerprint density at radius 3 is 1.45 bits per heavy atom. The second kappa shape index (κ2) is 11.6. The van der Waals surface area contributed by atoms with Crippen molar-refractivity contribution in [2.24, 2.45) is 0 Å². The van der Waals surface area contributed by atoms with Crippen molar-refractivity contribution in [2.45, 2.75) is 0 Å². The number of hydrogen-bond acceptors (Lipinski definition) is 9. The first-order valence-corrected chi connectivity index (χ1v) is 11.3. The standard InChI is InChI=1S/C28H17NO11/c30-25(31)21-3-1-2-4-22(21)27(34)39-19-10-6-17(7-11-19)38-18-8-12-20(13-9-18)40-28(35)23-14-5-16(29(36)37)15-24(23)26(32)33/h1-15H,(H,30,31)(H,32,33).